The molecule has 9 rings (SSSR count). The van der Waals surface area contributed by atoms with Gasteiger partial charge >= 0.3 is 0 Å². The maximum atomic E-state index is 10.4. The maximum absolute atomic E-state index is 10.4. The van der Waals surface area contributed by atoms with Gasteiger partial charge in [-0.1, -0.05) is 80.1 Å². The van der Waals surface area contributed by atoms with Crippen molar-refractivity contribution in [2.45, 2.75) is 39.0 Å². The molecule has 0 N–H and O–H groups in total. The first kappa shape index (κ1) is 25.6. The second kappa shape index (κ2) is 9.05. The van der Waals surface area contributed by atoms with Crippen molar-refractivity contribution in [3.63, 3.8) is 0 Å². The molecule has 0 atom stereocenters. The van der Waals surface area contributed by atoms with Crippen molar-refractivity contribution >= 4 is 58.9 Å². The van der Waals surface area contributed by atoms with Crippen LogP contribution in [0, 0.1) is 18.3 Å². The first-order chi connectivity index (χ1) is 21.5. The van der Waals surface area contributed by atoms with Gasteiger partial charge in [-0.2, -0.15) is 5.26 Å². The number of benzene rings is 5. The van der Waals surface area contributed by atoms with Crippen molar-refractivity contribution < 1.29 is 0 Å². The highest BCUT2D eigenvalue weighted by Gasteiger charge is 2.38. The molecule has 2 heterocycles. The lowest BCUT2D eigenvalue weighted by molar-refractivity contribution is 0.652. The monoisotopic (exact) mass is 582 g/mol. The summed E-state index contributed by atoms with van der Waals surface area (Å²) in [6.45, 7) is 6.89. The van der Waals surface area contributed by atoms with E-state index in [2.05, 4.69) is 122 Å². The highest BCUT2D eigenvalue weighted by molar-refractivity contribution is 7.26. The van der Waals surface area contributed by atoms with E-state index in [4.69, 9.17) is 0 Å². The number of thiophene rings is 1. The standard InChI is InChI=1S/C41H30N2S/c1-24-15-19-35-30(21-24)27-10-5-7-13-34(27)43(35)36-14-8-9-26(23-42)38(36)25-16-20-37-31(22-25)28-17-18-33-39(40(28)44-37)29-11-4-6-12-32(29)41(33,2)3/h5-10,12-22H,4,11H2,1-3H3. The fourth-order valence-electron chi connectivity index (χ4n) is 7.94. The number of hydrogen-bond donors (Lipinski definition) is 0. The van der Waals surface area contributed by atoms with Crippen LogP contribution < -0.4 is 0 Å². The predicted octanol–water partition coefficient (Wildman–Crippen LogP) is 11.4. The van der Waals surface area contributed by atoms with E-state index in [0.717, 1.165) is 40.7 Å². The van der Waals surface area contributed by atoms with Gasteiger partial charge in [0.1, 0.15) is 0 Å². The number of hydrogen-bond acceptors (Lipinski definition) is 2. The number of fused-ring (bicyclic) bond motifs is 9. The molecule has 0 amide bonds. The zero-order chi connectivity index (χ0) is 29.7. The molecule has 2 aromatic heterocycles. The second-order valence-corrected chi connectivity index (χ2v) is 13.9. The SMILES string of the molecule is Cc1ccc2c(c1)c1ccccc1n2-c1cccc(C#N)c1-c1ccc2sc3c4c(ccc3c2c1)C(C)(C)C1=C4CCC=C1. The minimum atomic E-state index is 0.0264. The Balaban J connectivity index is 1.32. The molecule has 210 valence electrons. The number of nitriles is 1. The second-order valence-electron chi connectivity index (χ2n) is 12.8. The fourth-order valence-corrected chi connectivity index (χ4v) is 9.20. The summed E-state index contributed by atoms with van der Waals surface area (Å²) in [7, 11) is 0. The Labute approximate surface area is 260 Å². The molecule has 5 aromatic carbocycles. The summed E-state index contributed by atoms with van der Waals surface area (Å²) in [4.78, 5) is 0. The molecule has 0 unspecified atom stereocenters. The molecule has 0 saturated carbocycles. The van der Waals surface area contributed by atoms with Crippen LogP contribution in [0.4, 0.5) is 0 Å². The Kier molecular flexibility index (Phi) is 5.26. The van der Waals surface area contributed by atoms with Crippen molar-refractivity contribution in [2.75, 3.05) is 0 Å². The number of nitrogens with zero attached hydrogens (tertiary/aromatic N) is 2. The van der Waals surface area contributed by atoms with Crippen LogP contribution in [0.2, 0.25) is 0 Å². The summed E-state index contributed by atoms with van der Waals surface area (Å²) in [5.74, 6) is 0. The summed E-state index contributed by atoms with van der Waals surface area (Å²) in [6.07, 6.45) is 6.92. The van der Waals surface area contributed by atoms with E-state index >= 15 is 0 Å². The molecule has 0 radical (unpaired) electrons. The number of aromatic nitrogens is 1. The van der Waals surface area contributed by atoms with Crippen LogP contribution in [-0.4, -0.2) is 4.57 Å². The van der Waals surface area contributed by atoms with Crippen LogP contribution in [0.25, 0.3) is 64.4 Å². The Bertz CT molecular complexity index is 2490. The van der Waals surface area contributed by atoms with Gasteiger partial charge < -0.3 is 4.57 Å². The van der Waals surface area contributed by atoms with Crippen LogP contribution in [-0.2, 0) is 5.41 Å². The molecule has 0 spiro atoms. The molecular weight excluding hydrogens is 553 g/mol. The van der Waals surface area contributed by atoms with E-state index in [1.54, 1.807) is 0 Å². The van der Waals surface area contributed by atoms with E-state index in [9.17, 15) is 5.26 Å². The van der Waals surface area contributed by atoms with Crippen molar-refractivity contribution in [1.29, 1.82) is 5.26 Å². The van der Waals surface area contributed by atoms with E-state index in [0.29, 0.717) is 5.56 Å². The number of aryl methyl sites for hydroxylation is 1. The molecule has 0 saturated heterocycles. The number of rotatable bonds is 2. The highest BCUT2D eigenvalue weighted by atomic mass is 32.1. The predicted molar refractivity (Wildman–Crippen MR) is 187 cm³/mol. The average Bonchev–Trinajstić information content (AvgIpc) is 3.66. The minimum Gasteiger partial charge on any atom is -0.309 e. The zero-order valence-electron chi connectivity index (χ0n) is 25.0. The molecule has 3 heteroatoms. The van der Waals surface area contributed by atoms with E-state index < -0.39 is 0 Å². The van der Waals surface area contributed by atoms with E-state index in [1.165, 1.54) is 58.8 Å². The molecule has 2 nitrogen and oxygen atoms in total. The van der Waals surface area contributed by atoms with Crippen LogP contribution >= 0.6 is 11.3 Å². The molecule has 0 fully saturated rings. The van der Waals surface area contributed by atoms with E-state index in [-0.39, 0.29) is 5.41 Å². The quantitative estimate of drug-likeness (QED) is 0.199. The van der Waals surface area contributed by atoms with Crippen LogP contribution in [0.15, 0.2) is 109 Å². The fraction of sp³-hybridized carbons (Fsp3) is 0.146. The zero-order valence-corrected chi connectivity index (χ0v) is 25.8. The van der Waals surface area contributed by atoms with Gasteiger partial charge in [0.05, 0.1) is 28.4 Å². The summed E-state index contributed by atoms with van der Waals surface area (Å²) >= 11 is 1.92. The van der Waals surface area contributed by atoms with Crippen molar-refractivity contribution in [2.24, 2.45) is 0 Å². The van der Waals surface area contributed by atoms with Crippen LogP contribution in [0.3, 0.4) is 0 Å². The summed E-state index contributed by atoms with van der Waals surface area (Å²) in [5, 5.41) is 15.4. The van der Waals surface area contributed by atoms with Crippen LogP contribution in [0.1, 0.15) is 48.9 Å². The Morgan fingerprint density at radius 2 is 1.66 bits per heavy atom. The third kappa shape index (κ3) is 3.35. The summed E-state index contributed by atoms with van der Waals surface area (Å²) in [6, 6.07) is 35.5. The van der Waals surface area contributed by atoms with Crippen molar-refractivity contribution in [3.05, 3.63) is 131 Å². The first-order valence-electron chi connectivity index (χ1n) is 15.4. The largest absolute Gasteiger partial charge is 0.309 e. The van der Waals surface area contributed by atoms with Crippen molar-refractivity contribution in [1.82, 2.24) is 4.57 Å². The van der Waals surface area contributed by atoms with Gasteiger partial charge in [-0.25, -0.2) is 0 Å². The lowest BCUT2D eigenvalue weighted by Crippen LogP contribution is -2.16. The molecular formula is C41H30N2S. The molecule has 7 aromatic rings. The third-order valence-corrected chi connectivity index (χ3v) is 11.2. The van der Waals surface area contributed by atoms with Gasteiger partial charge in [0.2, 0.25) is 0 Å². The normalized spacial score (nSPS) is 15.4. The van der Waals surface area contributed by atoms with E-state index in [1.807, 2.05) is 23.5 Å². The van der Waals surface area contributed by atoms with Gasteiger partial charge in [0.15, 0.2) is 0 Å². The molecule has 0 aliphatic heterocycles. The third-order valence-electron chi connectivity index (χ3n) is 9.98. The van der Waals surface area contributed by atoms with Gasteiger partial charge in [-0.15, -0.1) is 11.3 Å². The average molecular weight is 583 g/mol. The molecule has 2 aliphatic carbocycles. The van der Waals surface area contributed by atoms with Gasteiger partial charge in [-0.3, -0.25) is 0 Å². The Morgan fingerprint density at radius 3 is 2.55 bits per heavy atom. The topological polar surface area (TPSA) is 28.7 Å². The molecule has 2 aliphatic rings. The Morgan fingerprint density at radius 1 is 0.795 bits per heavy atom. The van der Waals surface area contributed by atoms with Gasteiger partial charge in [0.25, 0.3) is 0 Å². The summed E-state index contributed by atoms with van der Waals surface area (Å²) < 4.78 is 5.03. The van der Waals surface area contributed by atoms with Gasteiger partial charge in [-0.05, 0) is 90.1 Å². The number of para-hydroxylation sites is 1. The van der Waals surface area contributed by atoms with Crippen LogP contribution in [0.5, 0.6) is 0 Å². The lowest BCUT2D eigenvalue weighted by Gasteiger charge is -2.23. The lowest BCUT2D eigenvalue weighted by atomic mass is 9.80. The van der Waals surface area contributed by atoms with Crippen molar-refractivity contribution in [3.8, 4) is 22.9 Å². The maximum Gasteiger partial charge on any atom is 0.0998 e. The number of allylic oxidation sites excluding steroid dienone is 4. The molecule has 0 bridgehead atoms. The highest BCUT2D eigenvalue weighted by Crippen LogP contribution is 2.54. The van der Waals surface area contributed by atoms with Gasteiger partial charge in [0, 0.05) is 41.9 Å². The Hall–Kier alpha value is -4.91. The minimum absolute atomic E-state index is 0.0264. The smallest absolute Gasteiger partial charge is 0.0998 e. The first-order valence-corrected chi connectivity index (χ1v) is 16.2. The molecule has 44 heavy (non-hydrogen) atoms. The summed E-state index contributed by atoms with van der Waals surface area (Å²) in [5.41, 5.74) is 13.3.